The van der Waals surface area contributed by atoms with Gasteiger partial charge in [-0.1, -0.05) is 0 Å². The fourth-order valence-electron chi connectivity index (χ4n) is 1.27. The van der Waals surface area contributed by atoms with Crippen molar-refractivity contribution in [3.8, 4) is 0 Å². The molecule has 14 heavy (non-hydrogen) atoms. The highest BCUT2D eigenvalue weighted by molar-refractivity contribution is 6.50. The molecule has 0 saturated carbocycles. The second kappa shape index (κ2) is 7.06. The summed E-state index contributed by atoms with van der Waals surface area (Å²) >= 11 is 13.9. The molecule has 0 aromatic heterocycles. The summed E-state index contributed by atoms with van der Waals surface area (Å²) < 4.78 is 11.0. The molecule has 0 bridgehead atoms. The summed E-state index contributed by atoms with van der Waals surface area (Å²) in [5, 5.41) is 3.29. The van der Waals surface area contributed by atoms with Gasteiger partial charge in [-0.2, -0.15) is 0 Å². The van der Waals surface area contributed by atoms with E-state index in [4.69, 9.17) is 9.47 Å². The van der Waals surface area contributed by atoms with Gasteiger partial charge in [-0.3, -0.25) is 0 Å². The van der Waals surface area contributed by atoms with Crippen LogP contribution in [0.15, 0.2) is 0 Å². The van der Waals surface area contributed by atoms with E-state index in [-0.39, 0.29) is 0 Å². The second-order valence-corrected chi connectivity index (χ2v) is 4.61. The van der Waals surface area contributed by atoms with Crippen molar-refractivity contribution in [3.63, 3.8) is 0 Å². The smallest absolute Gasteiger partial charge is 0.0835 e. The molecular weight excluding hydrogens is 250 g/mol. The third kappa shape index (κ3) is 7.06. The topological polar surface area (TPSA) is 37.0 Å². The van der Waals surface area contributed by atoms with Gasteiger partial charge in [-0.25, -0.2) is 0 Å². The summed E-state index contributed by atoms with van der Waals surface area (Å²) in [4.78, 5) is 0. The van der Waals surface area contributed by atoms with Gasteiger partial charge < -0.3 is 14.8 Å². The van der Waals surface area contributed by atoms with Crippen molar-refractivity contribution < 1.29 is 9.47 Å². The fraction of sp³-hybridized carbons (Fsp3) is 1.00. The number of morpholine rings is 1. The normalized spacial score (nSPS) is 30.9. The lowest BCUT2D eigenvalue weighted by Crippen LogP contribution is -2.39. The average molecular weight is 264 g/mol. The Morgan fingerprint density at radius 3 is 2.29 bits per heavy atom. The van der Waals surface area contributed by atoms with Gasteiger partial charge in [0.15, 0.2) is 0 Å². The van der Waals surface area contributed by atoms with E-state index in [1.807, 2.05) is 0 Å². The van der Waals surface area contributed by atoms with Gasteiger partial charge >= 0.3 is 0 Å². The molecule has 4 nitrogen and oxygen atoms in total. The second-order valence-electron chi connectivity index (χ2n) is 3.08. The van der Waals surface area contributed by atoms with Crippen LogP contribution >= 0.6 is 35.3 Å². The van der Waals surface area contributed by atoms with Crippen molar-refractivity contribution in [1.82, 2.24) is 8.77 Å². The molecule has 0 aliphatic carbocycles. The molecule has 2 unspecified atom stereocenters. The van der Waals surface area contributed by atoms with Crippen LogP contribution in [0.2, 0.25) is 0 Å². The standard InChI is InChI=1S/C7H13NO2.Cl3N/c1-2-9-6(4-8-1)3-7-5-10-7;1-4(2)3/h6-8H,1-5H2;. The molecular formula is C7H13Cl3N2O2. The number of ether oxygens (including phenoxy) is 2. The lowest BCUT2D eigenvalue weighted by Gasteiger charge is -2.22. The van der Waals surface area contributed by atoms with E-state index in [0.29, 0.717) is 15.7 Å². The van der Waals surface area contributed by atoms with Crippen molar-refractivity contribution >= 4 is 35.3 Å². The number of epoxide rings is 1. The molecule has 2 fully saturated rings. The Balaban J connectivity index is 0.000000213. The van der Waals surface area contributed by atoms with Crippen LogP contribution in [0.5, 0.6) is 0 Å². The predicted molar refractivity (Wildman–Crippen MR) is 56.4 cm³/mol. The zero-order valence-electron chi connectivity index (χ0n) is 7.59. The summed E-state index contributed by atoms with van der Waals surface area (Å²) in [5.74, 6) is 0. The van der Waals surface area contributed by atoms with Crippen molar-refractivity contribution in [2.75, 3.05) is 26.3 Å². The van der Waals surface area contributed by atoms with Crippen molar-refractivity contribution in [1.29, 1.82) is 0 Å². The number of hydrogen-bond donors (Lipinski definition) is 1. The van der Waals surface area contributed by atoms with Crippen LogP contribution < -0.4 is 5.32 Å². The molecule has 2 aliphatic heterocycles. The molecule has 2 atom stereocenters. The largest absolute Gasteiger partial charge is 0.375 e. The highest BCUT2D eigenvalue weighted by Gasteiger charge is 2.27. The number of nitrogens with one attached hydrogen (secondary N) is 1. The monoisotopic (exact) mass is 262 g/mol. The van der Waals surface area contributed by atoms with Gasteiger partial charge in [0.2, 0.25) is 0 Å². The molecule has 2 heterocycles. The lowest BCUT2D eigenvalue weighted by molar-refractivity contribution is 0.0192. The van der Waals surface area contributed by atoms with Crippen LogP contribution in [0.3, 0.4) is 0 Å². The molecule has 0 radical (unpaired) electrons. The molecule has 2 saturated heterocycles. The zero-order valence-corrected chi connectivity index (χ0v) is 9.86. The van der Waals surface area contributed by atoms with E-state index < -0.39 is 0 Å². The molecule has 2 aliphatic rings. The summed E-state index contributed by atoms with van der Waals surface area (Å²) in [6, 6.07) is 0. The number of hydrogen-bond acceptors (Lipinski definition) is 4. The molecule has 0 spiro atoms. The van der Waals surface area contributed by atoms with E-state index in [2.05, 4.69) is 40.6 Å². The van der Waals surface area contributed by atoms with Crippen LogP contribution in [-0.2, 0) is 9.47 Å². The van der Waals surface area contributed by atoms with Crippen molar-refractivity contribution in [2.24, 2.45) is 0 Å². The summed E-state index contributed by atoms with van der Waals surface area (Å²) in [5.41, 5.74) is 0. The number of nitrogens with zero attached hydrogens (tertiary/aromatic N) is 1. The minimum absolute atomic E-state index is 0.404. The van der Waals surface area contributed by atoms with Crippen molar-refractivity contribution in [2.45, 2.75) is 18.6 Å². The Morgan fingerprint density at radius 1 is 1.21 bits per heavy atom. The SMILES string of the molecule is C1COC(CC2CO2)CN1.ClN(Cl)Cl. The van der Waals surface area contributed by atoms with E-state index in [0.717, 1.165) is 32.7 Å². The molecule has 7 heteroatoms. The summed E-state index contributed by atoms with van der Waals surface area (Å²) in [6.45, 7) is 3.80. The number of halogens is 3. The molecule has 0 amide bonds. The maximum absolute atomic E-state index is 5.49. The van der Waals surface area contributed by atoms with Crippen LogP contribution in [0, 0.1) is 0 Å². The molecule has 0 aromatic carbocycles. The highest BCUT2D eigenvalue weighted by Crippen LogP contribution is 2.17. The minimum atomic E-state index is 0.404. The van der Waals surface area contributed by atoms with Crippen LogP contribution in [0.25, 0.3) is 0 Å². The van der Waals surface area contributed by atoms with Crippen LogP contribution in [0.4, 0.5) is 0 Å². The molecule has 1 N–H and O–H groups in total. The molecule has 2 rings (SSSR count). The fourth-order valence-corrected chi connectivity index (χ4v) is 1.27. The molecule has 0 aromatic rings. The first kappa shape index (κ1) is 12.8. The van der Waals surface area contributed by atoms with Gasteiger partial charge in [-0.15, -0.1) is 0 Å². The summed E-state index contributed by atoms with van der Waals surface area (Å²) in [7, 11) is 0. The van der Waals surface area contributed by atoms with Gasteiger partial charge in [0.1, 0.15) is 0 Å². The third-order valence-corrected chi connectivity index (χ3v) is 1.93. The third-order valence-electron chi connectivity index (χ3n) is 1.93. The van der Waals surface area contributed by atoms with Crippen LogP contribution in [0.1, 0.15) is 6.42 Å². The van der Waals surface area contributed by atoms with Gasteiger partial charge in [0.05, 0.1) is 25.4 Å². The highest BCUT2D eigenvalue weighted by atomic mass is 35.6. The Morgan fingerprint density at radius 2 is 1.86 bits per heavy atom. The predicted octanol–water partition coefficient (Wildman–Crippen LogP) is 1.51. The first-order valence-electron chi connectivity index (χ1n) is 4.40. The zero-order chi connectivity index (χ0) is 10.4. The average Bonchev–Trinajstić information content (AvgIpc) is 2.89. The Labute approximate surface area is 98.7 Å². The van der Waals surface area contributed by atoms with Gasteiger partial charge in [0.25, 0.3) is 0 Å². The number of rotatable bonds is 2. The van der Waals surface area contributed by atoms with E-state index in [1.54, 1.807) is 0 Å². The van der Waals surface area contributed by atoms with E-state index >= 15 is 0 Å². The Bertz CT molecular complexity index is 149. The van der Waals surface area contributed by atoms with Gasteiger partial charge in [-0.05, 0) is 3.46 Å². The summed E-state index contributed by atoms with van der Waals surface area (Å²) in [6.07, 6.45) is 1.98. The quantitative estimate of drug-likeness (QED) is 0.605. The minimum Gasteiger partial charge on any atom is -0.375 e. The van der Waals surface area contributed by atoms with Gasteiger partial charge in [0, 0.05) is 54.8 Å². The first-order chi connectivity index (χ1) is 6.68. The van der Waals surface area contributed by atoms with E-state index in [9.17, 15) is 0 Å². The van der Waals surface area contributed by atoms with E-state index in [1.165, 1.54) is 0 Å². The first-order valence-corrected chi connectivity index (χ1v) is 5.41. The Kier molecular flexibility index (Phi) is 6.45. The lowest BCUT2D eigenvalue weighted by atomic mass is 10.2. The van der Waals surface area contributed by atoms with Crippen molar-refractivity contribution in [3.05, 3.63) is 0 Å². The Hall–Kier alpha value is 0.710. The maximum Gasteiger partial charge on any atom is 0.0835 e. The molecule has 84 valence electrons. The maximum atomic E-state index is 5.49. The van der Waals surface area contributed by atoms with Crippen LogP contribution in [-0.4, -0.2) is 42.0 Å².